The van der Waals surface area contributed by atoms with Crippen LogP contribution >= 0.6 is 0 Å². The van der Waals surface area contributed by atoms with Crippen molar-refractivity contribution in [3.8, 4) is 0 Å². The second-order valence-electron chi connectivity index (χ2n) is 5.88. The standard InChI is InChI=1S/C16H22O4S/c1-3-12-5-8-13(9-6-12)21(19,20)14-7-4-11(2)15(10-14)16(17)18/h4,7,10,12-13H,3,5-6,8-9H2,1-2H3,(H,17,18). The Morgan fingerprint density at radius 1 is 1.24 bits per heavy atom. The van der Waals surface area contributed by atoms with E-state index in [1.54, 1.807) is 13.0 Å². The third-order valence-corrected chi connectivity index (χ3v) is 6.84. The highest BCUT2D eigenvalue weighted by molar-refractivity contribution is 7.92. The van der Waals surface area contributed by atoms with E-state index >= 15 is 0 Å². The summed E-state index contributed by atoms with van der Waals surface area (Å²) in [5, 5.41) is 8.77. The molecule has 1 N–H and O–H groups in total. The Morgan fingerprint density at radius 3 is 2.38 bits per heavy atom. The summed E-state index contributed by atoms with van der Waals surface area (Å²) in [6.07, 6.45) is 4.34. The molecule has 4 nitrogen and oxygen atoms in total. The van der Waals surface area contributed by atoms with Gasteiger partial charge in [0.15, 0.2) is 9.84 Å². The molecule has 0 aromatic heterocycles. The van der Waals surface area contributed by atoms with E-state index in [1.165, 1.54) is 12.1 Å². The van der Waals surface area contributed by atoms with E-state index in [1.807, 2.05) is 0 Å². The predicted octanol–water partition coefficient (Wildman–Crippen LogP) is 3.44. The van der Waals surface area contributed by atoms with Crippen molar-refractivity contribution in [2.45, 2.75) is 56.1 Å². The van der Waals surface area contributed by atoms with Gasteiger partial charge < -0.3 is 5.11 Å². The Bertz CT molecular complexity index is 626. The van der Waals surface area contributed by atoms with Gasteiger partial charge in [-0.15, -0.1) is 0 Å². The van der Waals surface area contributed by atoms with Crippen LogP contribution in [-0.2, 0) is 9.84 Å². The lowest BCUT2D eigenvalue weighted by atomic mass is 9.87. The minimum atomic E-state index is -3.43. The van der Waals surface area contributed by atoms with E-state index in [-0.39, 0.29) is 15.7 Å². The van der Waals surface area contributed by atoms with Crippen molar-refractivity contribution in [1.82, 2.24) is 0 Å². The van der Waals surface area contributed by atoms with E-state index < -0.39 is 15.8 Å². The minimum Gasteiger partial charge on any atom is -0.478 e. The molecule has 0 radical (unpaired) electrons. The number of carboxylic acids is 1. The molecule has 0 bridgehead atoms. The molecule has 1 fully saturated rings. The van der Waals surface area contributed by atoms with Crippen molar-refractivity contribution < 1.29 is 18.3 Å². The lowest BCUT2D eigenvalue weighted by Gasteiger charge is -2.27. The van der Waals surface area contributed by atoms with Crippen LogP contribution in [0.2, 0.25) is 0 Å². The van der Waals surface area contributed by atoms with Crippen LogP contribution in [-0.4, -0.2) is 24.7 Å². The maximum atomic E-state index is 12.7. The second kappa shape index (κ2) is 6.18. The van der Waals surface area contributed by atoms with Crippen LogP contribution < -0.4 is 0 Å². The number of carboxylic acid groups (broad SMARTS) is 1. The van der Waals surface area contributed by atoms with E-state index in [4.69, 9.17) is 5.11 Å². The summed E-state index contributed by atoms with van der Waals surface area (Å²) >= 11 is 0. The number of carbonyl (C=O) groups is 1. The summed E-state index contributed by atoms with van der Waals surface area (Å²) in [6, 6.07) is 4.41. The van der Waals surface area contributed by atoms with Gasteiger partial charge in [-0.05, 0) is 56.2 Å². The summed E-state index contributed by atoms with van der Waals surface area (Å²) < 4.78 is 25.4. The summed E-state index contributed by atoms with van der Waals surface area (Å²) in [5.74, 6) is -0.455. The van der Waals surface area contributed by atoms with Gasteiger partial charge in [-0.3, -0.25) is 0 Å². The summed E-state index contributed by atoms with van der Waals surface area (Å²) in [6.45, 7) is 3.81. The Labute approximate surface area is 126 Å². The van der Waals surface area contributed by atoms with E-state index in [2.05, 4.69) is 6.92 Å². The predicted molar refractivity (Wildman–Crippen MR) is 81.4 cm³/mol. The minimum absolute atomic E-state index is 0.0679. The van der Waals surface area contributed by atoms with Gasteiger partial charge in [0.2, 0.25) is 0 Å². The highest BCUT2D eigenvalue weighted by Gasteiger charge is 2.32. The maximum absolute atomic E-state index is 12.7. The number of hydrogen-bond acceptors (Lipinski definition) is 3. The molecule has 1 aliphatic carbocycles. The molecule has 21 heavy (non-hydrogen) atoms. The fourth-order valence-electron chi connectivity index (χ4n) is 3.05. The van der Waals surface area contributed by atoms with Crippen LogP contribution in [0.4, 0.5) is 0 Å². The normalized spacial score (nSPS) is 23.0. The molecule has 1 aromatic carbocycles. The molecule has 0 amide bonds. The molecule has 0 spiro atoms. The van der Waals surface area contributed by atoms with Crippen LogP contribution in [0.25, 0.3) is 0 Å². The molecular weight excluding hydrogens is 288 g/mol. The van der Waals surface area contributed by atoms with Gasteiger partial charge in [0.05, 0.1) is 15.7 Å². The highest BCUT2D eigenvalue weighted by Crippen LogP contribution is 2.33. The van der Waals surface area contributed by atoms with E-state index in [0.717, 1.165) is 19.3 Å². The van der Waals surface area contributed by atoms with Crippen LogP contribution in [0, 0.1) is 12.8 Å². The zero-order chi connectivity index (χ0) is 15.6. The SMILES string of the molecule is CCC1CCC(S(=O)(=O)c2ccc(C)c(C(=O)O)c2)CC1. The van der Waals surface area contributed by atoms with E-state index in [0.29, 0.717) is 24.3 Å². The first kappa shape index (κ1) is 16.0. The van der Waals surface area contributed by atoms with Crippen molar-refractivity contribution in [3.63, 3.8) is 0 Å². The molecule has 1 aromatic rings. The molecule has 116 valence electrons. The van der Waals surface area contributed by atoms with Gasteiger partial charge in [-0.1, -0.05) is 19.4 Å². The number of sulfone groups is 1. The quantitative estimate of drug-likeness (QED) is 0.924. The van der Waals surface area contributed by atoms with Gasteiger partial charge in [0, 0.05) is 0 Å². The van der Waals surface area contributed by atoms with Gasteiger partial charge in [-0.2, -0.15) is 0 Å². The van der Waals surface area contributed by atoms with Gasteiger partial charge in [0.1, 0.15) is 0 Å². The second-order valence-corrected chi connectivity index (χ2v) is 8.11. The van der Waals surface area contributed by atoms with Gasteiger partial charge >= 0.3 is 5.97 Å². The van der Waals surface area contributed by atoms with E-state index in [9.17, 15) is 13.2 Å². The van der Waals surface area contributed by atoms with Crippen molar-refractivity contribution in [2.24, 2.45) is 5.92 Å². The fourth-order valence-corrected chi connectivity index (χ4v) is 4.87. The Balaban J connectivity index is 2.28. The number of hydrogen-bond donors (Lipinski definition) is 1. The van der Waals surface area contributed by atoms with Crippen LogP contribution in [0.15, 0.2) is 23.1 Å². The molecule has 0 heterocycles. The van der Waals surface area contributed by atoms with Crippen molar-refractivity contribution in [1.29, 1.82) is 0 Å². The van der Waals surface area contributed by atoms with Crippen LogP contribution in [0.1, 0.15) is 54.9 Å². The van der Waals surface area contributed by atoms with Gasteiger partial charge in [0.25, 0.3) is 0 Å². The zero-order valence-electron chi connectivity index (χ0n) is 12.5. The summed E-state index contributed by atoms with van der Waals surface area (Å²) in [7, 11) is -3.43. The van der Waals surface area contributed by atoms with Crippen molar-refractivity contribution in [2.75, 3.05) is 0 Å². The Hall–Kier alpha value is -1.36. The fraction of sp³-hybridized carbons (Fsp3) is 0.562. The summed E-state index contributed by atoms with van der Waals surface area (Å²) in [5.41, 5.74) is 0.648. The molecule has 1 saturated carbocycles. The summed E-state index contributed by atoms with van der Waals surface area (Å²) in [4.78, 5) is 11.3. The molecule has 1 aliphatic rings. The molecule has 0 aliphatic heterocycles. The Kier molecular flexibility index (Phi) is 4.71. The molecule has 0 saturated heterocycles. The number of aromatic carboxylic acids is 1. The molecular formula is C16H22O4S. The third-order valence-electron chi connectivity index (χ3n) is 4.58. The van der Waals surface area contributed by atoms with Crippen molar-refractivity contribution in [3.05, 3.63) is 29.3 Å². The molecule has 0 atom stereocenters. The van der Waals surface area contributed by atoms with Crippen LogP contribution in [0.3, 0.4) is 0 Å². The van der Waals surface area contributed by atoms with Crippen molar-refractivity contribution >= 4 is 15.8 Å². The average Bonchev–Trinajstić information content (AvgIpc) is 2.47. The third kappa shape index (κ3) is 3.28. The smallest absolute Gasteiger partial charge is 0.335 e. The first-order valence-electron chi connectivity index (χ1n) is 7.44. The van der Waals surface area contributed by atoms with Crippen LogP contribution in [0.5, 0.6) is 0 Å². The number of aryl methyl sites for hydroxylation is 1. The largest absolute Gasteiger partial charge is 0.478 e. The lowest BCUT2D eigenvalue weighted by Crippen LogP contribution is -2.27. The first-order chi connectivity index (χ1) is 9.86. The van der Waals surface area contributed by atoms with Gasteiger partial charge in [-0.25, -0.2) is 13.2 Å². The maximum Gasteiger partial charge on any atom is 0.335 e. The highest BCUT2D eigenvalue weighted by atomic mass is 32.2. The number of benzene rings is 1. The average molecular weight is 310 g/mol. The molecule has 5 heteroatoms. The Morgan fingerprint density at radius 2 is 1.86 bits per heavy atom. The zero-order valence-corrected chi connectivity index (χ0v) is 13.3. The lowest BCUT2D eigenvalue weighted by molar-refractivity contribution is 0.0696. The molecule has 2 rings (SSSR count). The number of rotatable bonds is 4. The first-order valence-corrected chi connectivity index (χ1v) is 8.98. The molecule has 0 unspecified atom stereocenters. The topological polar surface area (TPSA) is 71.4 Å². The monoisotopic (exact) mass is 310 g/mol.